The monoisotopic (exact) mass is 343 g/mol. The molecular weight excluding hydrogens is 318 g/mol. The molecule has 134 valence electrons. The fourth-order valence-corrected chi connectivity index (χ4v) is 4.68. The topological polar surface area (TPSA) is 80.1 Å². The van der Waals surface area contributed by atoms with Crippen molar-refractivity contribution in [2.24, 2.45) is 17.3 Å². The summed E-state index contributed by atoms with van der Waals surface area (Å²) < 4.78 is 1.92. The Morgan fingerprint density at radius 2 is 1.92 bits per heavy atom. The molecule has 1 aromatic heterocycles. The van der Waals surface area contributed by atoms with Crippen LogP contribution in [0.3, 0.4) is 0 Å². The fourth-order valence-electron chi connectivity index (χ4n) is 4.68. The van der Waals surface area contributed by atoms with E-state index >= 15 is 0 Å². The van der Waals surface area contributed by atoms with Crippen molar-refractivity contribution in [1.82, 2.24) is 25.0 Å². The van der Waals surface area contributed by atoms with Gasteiger partial charge < -0.3 is 10.2 Å². The molecule has 4 aliphatic rings. The number of likely N-dealkylation sites (tertiary alicyclic amines) is 1. The van der Waals surface area contributed by atoms with E-state index < -0.39 is 0 Å². The molecule has 2 aliphatic carbocycles. The first-order valence-corrected chi connectivity index (χ1v) is 9.63. The lowest BCUT2D eigenvalue weighted by Gasteiger charge is -2.41. The van der Waals surface area contributed by atoms with Gasteiger partial charge in [-0.3, -0.25) is 9.59 Å². The van der Waals surface area contributed by atoms with Gasteiger partial charge in [-0.2, -0.15) is 5.10 Å². The summed E-state index contributed by atoms with van der Waals surface area (Å²) in [7, 11) is 0. The van der Waals surface area contributed by atoms with Crippen molar-refractivity contribution in [2.45, 2.75) is 57.5 Å². The number of carbonyl (C=O) groups excluding carboxylic acids is 2. The zero-order valence-electron chi connectivity index (χ0n) is 14.5. The summed E-state index contributed by atoms with van der Waals surface area (Å²) in [4.78, 5) is 31.7. The van der Waals surface area contributed by atoms with Gasteiger partial charge in [0.25, 0.3) is 0 Å². The maximum Gasteiger partial charge on any atom is 0.225 e. The van der Waals surface area contributed by atoms with Crippen molar-refractivity contribution in [3.63, 3.8) is 0 Å². The second-order valence-electron chi connectivity index (χ2n) is 8.31. The molecule has 7 heteroatoms. The molecular formula is C18H25N5O2. The largest absolute Gasteiger partial charge is 0.345 e. The summed E-state index contributed by atoms with van der Waals surface area (Å²) in [6.45, 7) is 2.36. The van der Waals surface area contributed by atoms with Crippen molar-refractivity contribution in [2.75, 3.05) is 13.1 Å². The Morgan fingerprint density at radius 3 is 2.64 bits per heavy atom. The van der Waals surface area contributed by atoms with Crippen molar-refractivity contribution in [1.29, 1.82) is 0 Å². The Balaban J connectivity index is 1.41. The van der Waals surface area contributed by atoms with E-state index in [4.69, 9.17) is 0 Å². The highest BCUT2D eigenvalue weighted by Gasteiger charge is 2.52. The molecule has 1 saturated heterocycles. The lowest BCUT2D eigenvalue weighted by atomic mass is 9.73. The average Bonchev–Trinajstić information content (AvgIpc) is 3.14. The summed E-state index contributed by atoms with van der Waals surface area (Å²) in [5.74, 6) is 1.73. The molecule has 2 atom stereocenters. The quantitative estimate of drug-likeness (QED) is 0.896. The number of amides is 2. The van der Waals surface area contributed by atoms with E-state index in [0.29, 0.717) is 5.91 Å². The Kier molecular flexibility index (Phi) is 3.40. The first-order chi connectivity index (χ1) is 12.2. The second kappa shape index (κ2) is 5.54. The van der Waals surface area contributed by atoms with Gasteiger partial charge in [0, 0.05) is 36.9 Å². The molecule has 1 spiro atoms. The summed E-state index contributed by atoms with van der Waals surface area (Å²) in [5.41, 5.74) is -0.0903. The van der Waals surface area contributed by atoms with Gasteiger partial charge >= 0.3 is 0 Å². The SMILES string of the molecule is O=C(NC1c2ncnn2CCC12CCN(C(=O)C1CC1)C2)C1CCC1. The predicted molar refractivity (Wildman–Crippen MR) is 89.2 cm³/mol. The number of fused-ring (bicyclic) bond motifs is 1. The Morgan fingerprint density at radius 1 is 1.12 bits per heavy atom. The molecule has 1 aromatic rings. The molecule has 2 amide bonds. The number of aromatic nitrogens is 3. The van der Waals surface area contributed by atoms with E-state index in [1.54, 1.807) is 6.33 Å². The summed E-state index contributed by atoms with van der Waals surface area (Å²) >= 11 is 0. The van der Waals surface area contributed by atoms with E-state index in [9.17, 15) is 9.59 Å². The van der Waals surface area contributed by atoms with Gasteiger partial charge in [0.05, 0.1) is 6.04 Å². The van der Waals surface area contributed by atoms with Gasteiger partial charge in [-0.1, -0.05) is 6.42 Å². The Labute approximate surface area is 147 Å². The van der Waals surface area contributed by atoms with Crippen molar-refractivity contribution >= 4 is 11.8 Å². The van der Waals surface area contributed by atoms with E-state index in [1.165, 1.54) is 0 Å². The van der Waals surface area contributed by atoms with Crippen LogP contribution in [0.25, 0.3) is 0 Å². The molecule has 3 heterocycles. The molecule has 0 aromatic carbocycles. The third kappa shape index (κ3) is 2.47. The number of carbonyl (C=O) groups is 2. The van der Waals surface area contributed by atoms with E-state index in [-0.39, 0.29) is 29.2 Å². The molecule has 0 bridgehead atoms. The number of aryl methyl sites for hydroxylation is 1. The zero-order valence-corrected chi connectivity index (χ0v) is 14.5. The molecule has 2 saturated carbocycles. The molecule has 2 unspecified atom stereocenters. The molecule has 2 aliphatic heterocycles. The fraction of sp³-hybridized carbons (Fsp3) is 0.778. The van der Waals surface area contributed by atoms with Crippen LogP contribution in [0.2, 0.25) is 0 Å². The van der Waals surface area contributed by atoms with Gasteiger partial charge in [-0.05, 0) is 38.5 Å². The van der Waals surface area contributed by atoms with Crippen LogP contribution >= 0.6 is 0 Å². The number of nitrogens with zero attached hydrogens (tertiary/aromatic N) is 4. The molecule has 5 rings (SSSR count). The minimum Gasteiger partial charge on any atom is -0.345 e. The van der Waals surface area contributed by atoms with Crippen molar-refractivity contribution in [3.8, 4) is 0 Å². The molecule has 25 heavy (non-hydrogen) atoms. The number of nitrogens with one attached hydrogen (secondary N) is 1. The summed E-state index contributed by atoms with van der Waals surface area (Å²) in [6.07, 6.45) is 8.67. The Bertz CT molecular complexity index is 708. The van der Waals surface area contributed by atoms with Crippen LogP contribution in [-0.2, 0) is 16.1 Å². The highest BCUT2D eigenvalue weighted by atomic mass is 16.2. The minimum atomic E-state index is -0.131. The van der Waals surface area contributed by atoms with Gasteiger partial charge in [0.15, 0.2) is 0 Å². The first kappa shape index (κ1) is 15.3. The van der Waals surface area contributed by atoms with Crippen LogP contribution in [0.5, 0.6) is 0 Å². The second-order valence-corrected chi connectivity index (χ2v) is 8.31. The normalized spacial score (nSPS) is 31.7. The van der Waals surface area contributed by atoms with Crippen LogP contribution < -0.4 is 5.32 Å². The zero-order chi connectivity index (χ0) is 17.0. The van der Waals surface area contributed by atoms with E-state index in [2.05, 4.69) is 15.4 Å². The number of hydrogen-bond donors (Lipinski definition) is 1. The maximum atomic E-state index is 12.6. The van der Waals surface area contributed by atoms with Gasteiger partial charge in [-0.25, -0.2) is 9.67 Å². The highest BCUT2D eigenvalue weighted by Crippen LogP contribution is 2.48. The van der Waals surface area contributed by atoms with Crippen LogP contribution in [-0.4, -0.2) is 44.6 Å². The molecule has 3 fully saturated rings. The third-order valence-electron chi connectivity index (χ3n) is 6.72. The molecule has 7 nitrogen and oxygen atoms in total. The van der Waals surface area contributed by atoms with Gasteiger partial charge in [0.1, 0.15) is 12.2 Å². The van der Waals surface area contributed by atoms with Crippen LogP contribution in [0.1, 0.15) is 56.8 Å². The highest BCUT2D eigenvalue weighted by molar-refractivity contribution is 5.82. The number of rotatable bonds is 3. The Hall–Kier alpha value is -1.92. The lowest BCUT2D eigenvalue weighted by molar-refractivity contribution is -0.132. The van der Waals surface area contributed by atoms with Crippen molar-refractivity contribution < 1.29 is 9.59 Å². The maximum absolute atomic E-state index is 12.6. The van der Waals surface area contributed by atoms with Gasteiger partial charge in [-0.15, -0.1) is 0 Å². The first-order valence-electron chi connectivity index (χ1n) is 9.63. The number of hydrogen-bond acceptors (Lipinski definition) is 4. The third-order valence-corrected chi connectivity index (χ3v) is 6.72. The molecule has 0 radical (unpaired) electrons. The lowest BCUT2D eigenvalue weighted by Crippen LogP contribution is -2.50. The summed E-state index contributed by atoms with van der Waals surface area (Å²) in [5, 5.41) is 7.61. The van der Waals surface area contributed by atoms with Crippen molar-refractivity contribution in [3.05, 3.63) is 12.2 Å². The van der Waals surface area contributed by atoms with Gasteiger partial charge in [0.2, 0.25) is 11.8 Å². The standard InChI is InChI=1S/C18H25N5O2/c24-16(12-2-1-3-12)21-14-15-19-11-20-23(15)9-7-18(14)6-8-22(10-18)17(25)13-4-5-13/h11-14H,1-10H2,(H,21,24). The molecule has 1 N–H and O–H groups in total. The predicted octanol–water partition coefficient (Wildman–Crippen LogP) is 1.27. The van der Waals surface area contributed by atoms with Crippen LogP contribution in [0, 0.1) is 17.3 Å². The van der Waals surface area contributed by atoms with Crippen LogP contribution in [0.4, 0.5) is 0 Å². The summed E-state index contributed by atoms with van der Waals surface area (Å²) in [6, 6.07) is -0.131. The average molecular weight is 343 g/mol. The minimum absolute atomic E-state index is 0.0903. The van der Waals surface area contributed by atoms with E-state index in [0.717, 1.165) is 70.4 Å². The smallest absolute Gasteiger partial charge is 0.225 e. The van der Waals surface area contributed by atoms with Crippen LogP contribution in [0.15, 0.2) is 6.33 Å². The van der Waals surface area contributed by atoms with E-state index in [1.807, 2.05) is 9.58 Å².